The van der Waals surface area contributed by atoms with Crippen LogP contribution < -0.4 is 10.6 Å². The maximum absolute atomic E-state index is 12.1. The number of nitrogens with zero attached hydrogens (tertiary/aromatic N) is 5. The fraction of sp³-hybridized carbons (Fsp3) is 0.208. The van der Waals surface area contributed by atoms with Crippen molar-refractivity contribution in [2.45, 2.75) is 13.0 Å². The Kier molecular flexibility index (Phi) is 6.79. The fourth-order valence-corrected chi connectivity index (χ4v) is 3.28. The zero-order valence-corrected chi connectivity index (χ0v) is 19.1. The van der Waals surface area contributed by atoms with Crippen LogP contribution in [0.4, 0.5) is 17.5 Å². The summed E-state index contributed by atoms with van der Waals surface area (Å²) in [5, 5.41) is 24.4. The number of aliphatic hydroxyl groups is 1. The maximum atomic E-state index is 12.1. The Morgan fingerprint density at radius 2 is 1.82 bits per heavy atom. The molecule has 174 valence electrons. The van der Waals surface area contributed by atoms with Crippen molar-refractivity contribution in [1.82, 2.24) is 25.1 Å². The number of aryl methyl sites for hydroxylation is 1. The molecule has 0 radical (unpaired) electrons. The molecular formula is C24H25N7O3. The van der Waals surface area contributed by atoms with E-state index in [1.807, 2.05) is 30.3 Å². The molecule has 0 spiro atoms. The highest BCUT2D eigenvalue weighted by molar-refractivity contribution is 5.94. The number of benzene rings is 2. The summed E-state index contributed by atoms with van der Waals surface area (Å²) < 4.78 is 5.58. The third-order valence-corrected chi connectivity index (χ3v) is 5.03. The molecule has 2 heterocycles. The van der Waals surface area contributed by atoms with Gasteiger partial charge in [-0.2, -0.15) is 4.98 Å². The zero-order chi connectivity index (χ0) is 24.1. The van der Waals surface area contributed by atoms with Gasteiger partial charge in [0.25, 0.3) is 11.8 Å². The second-order valence-corrected chi connectivity index (χ2v) is 7.77. The molecule has 0 unspecified atom stereocenters. The molecule has 3 N–H and O–H groups in total. The van der Waals surface area contributed by atoms with Gasteiger partial charge in [0, 0.05) is 38.5 Å². The van der Waals surface area contributed by atoms with Crippen molar-refractivity contribution in [3.05, 3.63) is 77.8 Å². The van der Waals surface area contributed by atoms with Crippen molar-refractivity contribution in [2.24, 2.45) is 0 Å². The first-order chi connectivity index (χ1) is 16.4. The average molecular weight is 460 g/mol. The molecule has 0 fully saturated rings. The lowest BCUT2D eigenvalue weighted by Crippen LogP contribution is -2.21. The second-order valence-electron chi connectivity index (χ2n) is 7.77. The highest BCUT2D eigenvalue weighted by Crippen LogP contribution is 2.29. The van der Waals surface area contributed by atoms with Gasteiger partial charge in [-0.25, -0.2) is 4.98 Å². The van der Waals surface area contributed by atoms with E-state index in [-0.39, 0.29) is 18.4 Å². The van der Waals surface area contributed by atoms with Gasteiger partial charge in [-0.3, -0.25) is 4.79 Å². The van der Waals surface area contributed by atoms with Gasteiger partial charge in [-0.1, -0.05) is 30.3 Å². The number of aromatic nitrogens is 4. The van der Waals surface area contributed by atoms with Crippen LogP contribution >= 0.6 is 0 Å². The monoisotopic (exact) mass is 459 g/mol. The maximum Gasteiger partial charge on any atom is 0.253 e. The first-order valence-electron chi connectivity index (χ1n) is 10.6. The summed E-state index contributed by atoms with van der Waals surface area (Å²) in [4.78, 5) is 22.6. The molecule has 10 heteroatoms. The molecule has 10 nitrogen and oxygen atoms in total. The molecule has 0 aliphatic rings. The SMILES string of the molecule is Cc1nnc(-c2cnc(Nc3ccc(C(=O)N(C)C)cc3)nc2N[C@H](CO)c2ccccc2)o1. The summed E-state index contributed by atoms with van der Waals surface area (Å²) in [5.41, 5.74) is 2.69. The van der Waals surface area contributed by atoms with Gasteiger partial charge in [0.2, 0.25) is 11.8 Å². The van der Waals surface area contributed by atoms with Crippen LogP contribution in [0.25, 0.3) is 11.5 Å². The van der Waals surface area contributed by atoms with Gasteiger partial charge in [0.05, 0.1) is 18.2 Å². The molecule has 4 rings (SSSR count). The molecule has 0 bridgehead atoms. The van der Waals surface area contributed by atoms with E-state index in [4.69, 9.17) is 4.42 Å². The third kappa shape index (κ3) is 5.18. The van der Waals surface area contributed by atoms with Crippen molar-refractivity contribution in [2.75, 3.05) is 31.3 Å². The summed E-state index contributed by atoms with van der Waals surface area (Å²) in [6.07, 6.45) is 1.58. The lowest BCUT2D eigenvalue weighted by Gasteiger charge is -2.19. The van der Waals surface area contributed by atoms with Crippen molar-refractivity contribution in [3.63, 3.8) is 0 Å². The Morgan fingerprint density at radius 1 is 1.09 bits per heavy atom. The van der Waals surface area contributed by atoms with Crippen LogP contribution in [0.5, 0.6) is 0 Å². The lowest BCUT2D eigenvalue weighted by atomic mass is 10.1. The van der Waals surface area contributed by atoms with Crippen molar-refractivity contribution >= 4 is 23.4 Å². The fourth-order valence-electron chi connectivity index (χ4n) is 3.28. The molecule has 0 aliphatic carbocycles. The molecule has 34 heavy (non-hydrogen) atoms. The van der Waals surface area contributed by atoms with E-state index in [0.717, 1.165) is 5.56 Å². The smallest absolute Gasteiger partial charge is 0.253 e. The summed E-state index contributed by atoms with van der Waals surface area (Å²) in [5.74, 6) is 1.34. The first kappa shape index (κ1) is 22.9. The van der Waals surface area contributed by atoms with Crippen LogP contribution in [0.2, 0.25) is 0 Å². The lowest BCUT2D eigenvalue weighted by molar-refractivity contribution is 0.0827. The van der Waals surface area contributed by atoms with Crippen LogP contribution in [-0.4, -0.2) is 56.8 Å². The minimum atomic E-state index is -0.414. The van der Waals surface area contributed by atoms with E-state index in [0.29, 0.717) is 34.5 Å². The first-order valence-corrected chi connectivity index (χ1v) is 10.6. The van der Waals surface area contributed by atoms with Crippen LogP contribution in [0.1, 0.15) is 27.9 Å². The van der Waals surface area contributed by atoms with Crippen LogP contribution in [0.3, 0.4) is 0 Å². The van der Waals surface area contributed by atoms with E-state index in [1.54, 1.807) is 51.5 Å². The molecule has 2 aromatic carbocycles. The normalized spacial score (nSPS) is 11.6. The number of hydrogen-bond acceptors (Lipinski definition) is 9. The van der Waals surface area contributed by atoms with E-state index < -0.39 is 6.04 Å². The van der Waals surface area contributed by atoms with Crippen LogP contribution in [-0.2, 0) is 0 Å². The number of nitrogens with one attached hydrogen (secondary N) is 2. The molecule has 2 aromatic heterocycles. The van der Waals surface area contributed by atoms with Crippen LogP contribution in [0, 0.1) is 6.92 Å². The quantitative estimate of drug-likeness (QED) is 0.363. The predicted molar refractivity (Wildman–Crippen MR) is 128 cm³/mol. The standard InChI is InChI=1S/C24H25N7O3/c1-15-29-30-22(34-15)19-13-25-24(26-18-11-9-17(10-12-18)23(33)31(2)3)28-21(19)27-20(14-32)16-7-5-4-6-8-16/h4-13,20,32H,14H2,1-3H3,(H2,25,26,27,28)/t20-/m1/s1. The molecule has 1 amide bonds. The molecular weight excluding hydrogens is 434 g/mol. The zero-order valence-electron chi connectivity index (χ0n) is 19.1. The van der Waals surface area contributed by atoms with Gasteiger partial charge in [0.15, 0.2) is 0 Å². The topological polar surface area (TPSA) is 129 Å². The van der Waals surface area contributed by atoms with Crippen molar-refractivity contribution in [1.29, 1.82) is 0 Å². The molecule has 0 aliphatic heterocycles. The van der Waals surface area contributed by atoms with Gasteiger partial charge in [-0.15, -0.1) is 10.2 Å². The molecule has 1 atom stereocenters. The molecule has 0 saturated carbocycles. The molecule has 0 saturated heterocycles. The van der Waals surface area contributed by atoms with E-state index in [1.165, 1.54) is 4.90 Å². The minimum absolute atomic E-state index is 0.0792. The number of anilines is 3. The van der Waals surface area contributed by atoms with Gasteiger partial charge < -0.3 is 25.1 Å². The number of carbonyl (C=O) groups is 1. The highest BCUT2D eigenvalue weighted by Gasteiger charge is 2.19. The Hall–Kier alpha value is -4.31. The molecule has 4 aromatic rings. The minimum Gasteiger partial charge on any atom is -0.421 e. The van der Waals surface area contributed by atoms with Crippen molar-refractivity contribution < 1.29 is 14.3 Å². The van der Waals surface area contributed by atoms with E-state index in [2.05, 4.69) is 30.8 Å². The van der Waals surface area contributed by atoms with Crippen LogP contribution in [0.15, 0.2) is 65.2 Å². The number of aliphatic hydroxyl groups excluding tert-OH is 1. The summed E-state index contributed by atoms with van der Waals surface area (Å²) in [7, 11) is 3.41. The van der Waals surface area contributed by atoms with Gasteiger partial charge in [0.1, 0.15) is 5.82 Å². The number of carbonyl (C=O) groups excluding carboxylic acids is 1. The second kappa shape index (κ2) is 10.1. The van der Waals surface area contributed by atoms with Gasteiger partial charge >= 0.3 is 0 Å². The largest absolute Gasteiger partial charge is 0.421 e. The Balaban J connectivity index is 1.64. The number of amides is 1. The van der Waals surface area contributed by atoms with Crippen molar-refractivity contribution in [3.8, 4) is 11.5 Å². The predicted octanol–water partition coefficient (Wildman–Crippen LogP) is 3.43. The Bertz CT molecular complexity index is 1260. The number of hydrogen-bond donors (Lipinski definition) is 3. The summed E-state index contributed by atoms with van der Waals surface area (Å²) in [6.45, 7) is 1.55. The Morgan fingerprint density at radius 3 is 2.44 bits per heavy atom. The summed E-state index contributed by atoms with van der Waals surface area (Å²) in [6, 6.07) is 16.2. The van der Waals surface area contributed by atoms with Gasteiger partial charge in [-0.05, 0) is 29.8 Å². The van der Waals surface area contributed by atoms with E-state index in [9.17, 15) is 9.90 Å². The number of rotatable bonds is 8. The Labute approximate surface area is 196 Å². The highest BCUT2D eigenvalue weighted by atomic mass is 16.4. The third-order valence-electron chi connectivity index (χ3n) is 5.03. The summed E-state index contributed by atoms with van der Waals surface area (Å²) >= 11 is 0. The average Bonchev–Trinajstić information content (AvgIpc) is 3.29. The van der Waals surface area contributed by atoms with E-state index >= 15 is 0 Å².